The van der Waals surface area contributed by atoms with E-state index < -0.39 is 9.84 Å². The van der Waals surface area contributed by atoms with E-state index in [4.69, 9.17) is 5.26 Å². The molecule has 96 valence electrons. The third kappa shape index (κ3) is 2.49. The number of nitrogens with zero attached hydrogens (tertiary/aromatic N) is 2. The fourth-order valence-electron chi connectivity index (χ4n) is 2.33. The number of anilines is 1. The van der Waals surface area contributed by atoms with E-state index in [1.807, 2.05) is 26.0 Å². The van der Waals surface area contributed by atoms with E-state index in [0.29, 0.717) is 12.1 Å². The summed E-state index contributed by atoms with van der Waals surface area (Å²) in [4.78, 5) is 2.09. The highest BCUT2D eigenvalue weighted by atomic mass is 32.2. The van der Waals surface area contributed by atoms with Gasteiger partial charge < -0.3 is 4.90 Å². The lowest BCUT2D eigenvalue weighted by molar-refractivity contribution is 0.568. The monoisotopic (exact) mass is 264 g/mol. The molecule has 1 aliphatic heterocycles. The van der Waals surface area contributed by atoms with Gasteiger partial charge in [0, 0.05) is 18.3 Å². The Bertz CT molecular complexity index is 602. The van der Waals surface area contributed by atoms with Crippen LogP contribution in [0.25, 0.3) is 0 Å². The van der Waals surface area contributed by atoms with Crippen molar-refractivity contribution in [2.24, 2.45) is 0 Å². The van der Waals surface area contributed by atoms with Crippen LogP contribution in [0.2, 0.25) is 0 Å². The van der Waals surface area contributed by atoms with E-state index in [1.54, 1.807) is 6.07 Å². The van der Waals surface area contributed by atoms with E-state index in [9.17, 15) is 8.42 Å². The average molecular weight is 264 g/mol. The Labute approximate surface area is 108 Å². The molecular weight excluding hydrogens is 248 g/mol. The number of hydrogen-bond acceptors (Lipinski definition) is 4. The second-order valence-electron chi connectivity index (χ2n) is 4.77. The van der Waals surface area contributed by atoms with Crippen LogP contribution in [-0.2, 0) is 9.84 Å². The molecule has 1 aromatic rings. The van der Waals surface area contributed by atoms with Gasteiger partial charge in [-0.3, -0.25) is 0 Å². The number of nitriles is 1. The molecule has 5 heteroatoms. The van der Waals surface area contributed by atoms with Crippen LogP contribution >= 0.6 is 0 Å². The van der Waals surface area contributed by atoms with E-state index in [0.717, 1.165) is 11.3 Å². The molecule has 1 fully saturated rings. The first-order valence-corrected chi connectivity index (χ1v) is 7.73. The molecule has 1 unspecified atom stereocenters. The second-order valence-corrected chi connectivity index (χ2v) is 7.00. The van der Waals surface area contributed by atoms with Gasteiger partial charge >= 0.3 is 0 Å². The molecule has 0 aliphatic carbocycles. The zero-order chi connectivity index (χ0) is 13.3. The molecule has 4 nitrogen and oxygen atoms in total. The smallest absolute Gasteiger partial charge is 0.154 e. The van der Waals surface area contributed by atoms with Gasteiger partial charge in [-0.25, -0.2) is 8.42 Å². The highest BCUT2D eigenvalue weighted by molar-refractivity contribution is 7.91. The Morgan fingerprint density at radius 3 is 2.72 bits per heavy atom. The Kier molecular flexibility index (Phi) is 3.31. The van der Waals surface area contributed by atoms with Crippen LogP contribution in [0, 0.1) is 18.3 Å². The van der Waals surface area contributed by atoms with Crippen molar-refractivity contribution in [3.05, 3.63) is 29.3 Å². The zero-order valence-corrected chi connectivity index (χ0v) is 11.4. The fourth-order valence-corrected chi connectivity index (χ4v) is 3.89. The van der Waals surface area contributed by atoms with Crippen LogP contribution in [0.4, 0.5) is 5.69 Å². The second kappa shape index (κ2) is 4.62. The van der Waals surface area contributed by atoms with Gasteiger partial charge in [0.05, 0.1) is 23.1 Å². The normalized spacial score (nSPS) is 22.5. The van der Waals surface area contributed by atoms with Gasteiger partial charge in [0.25, 0.3) is 0 Å². The van der Waals surface area contributed by atoms with Gasteiger partial charge in [-0.05, 0) is 37.6 Å². The van der Waals surface area contributed by atoms with Gasteiger partial charge in [-0.15, -0.1) is 0 Å². The maximum absolute atomic E-state index is 11.5. The molecule has 0 bridgehead atoms. The number of rotatable bonds is 1. The van der Waals surface area contributed by atoms with Crippen molar-refractivity contribution in [3.63, 3.8) is 0 Å². The predicted octanol–water partition coefficient (Wildman–Crippen LogP) is 1.49. The van der Waals surface area contributed by atoms with Crippen molar-refractivity contribution < 1.29 is 8.42 Å². The van der Waals surface area contributed by atoms with Crippen LogP contribution in [0.1, 0.15) is 18.1 Å². The molecule has 1 heterocycles. The summed E-state index contributed by atoms with van der Waals surface area (Å²) in [5, 5.41) is 8.90. The van der Waals surface area contributed by atoms with Gasteiger partial charge in [-0.1, -0.05) is 0 Å². The average Bonchev–Trinajstić information content (AvgIpc) is 2.27. The van der Waals surface area contributed by atoms with Gasteiger partial charge in [0.15, 0.2) is 9.84 Å². The highest BCUT2D eigenvalue weighted by Gasteiger charge is 2.28. The van der Waals surface area contributed by atoms with Gasteiger partial charge in [-0.2, -0.15) is 5.26 Å². The van der Waals surface area contributed by atoms with Crippen LogP contribution < -0.4 is 4.90 Å². The number of benzene rings is 1. The van der Waals surface area contributed by atoms with Crippen molar-refractivity contribution >= 4 is 15.5 Å². The predicted molar refractivity (Wildman–Crippen MR) is 71.4 cm³/mol. The largest absolute Gasteiger partial charge is 0.367 e. The van der Waals surface area contributed by atoms with Gasteiger partial charge in [0.2, 0.25) is 0 Å². The third-order valence-corrected chi connectivity index (χ3v) is 5.13. The van der Waals surface area contributed by atoms with Crippen LogP contribution in [0.3, 0.4) is 0 Å². The quantitative estimate of drug-likeness (QED) is 0.771. The number of sulfone groups is 1. The molecule has 2 rings (SSSR count). The van der Waals surface area contributed by atoms with Crippen molar-refractivity contribution in [2.45, 2.75) is 19.9 Å². The van der Waals surface area contributed by atoms with E-state index >= 15 is 0 Å². The van der Waals surface area contributed by atoms with E-state index in [1.165, 1.54) is 0 Å². The summed E-state index contributed by atoms with van der Waals surface area (Å²) in [6.45, 7) is 4.34. The fraction of sp³-hybridized carbons (Fsp3) is 0.462. The Morgan fingerprint density at radius 1 is 1.44 bits per heavy atom. The summed E-state index contributed by atoms with van der Waals surface area (Å²) in [6.07, 6.45) is 0. The van der Waals surface area contributed by atoms with Crippen molar-refractivity contribution in [3.8, 4) is 6.07 Å². The minimum atomic E-state index is -2.89. The van der Waals surface area contributed by atoms with E-state index in [-0.39, 0.29) is 17.5 Å². The Balaban J connectivity index is 2.28. The van der Waals surface area contributed by atoms with Gasteiger partial charge in [0.1, 0.15) is 0 Å². The molecule has 1 atom stereocenters. The molecule has 0 spiro atoms. The lowest BCUT2D eigenvalue weighted by atomic mass is 10.1. The minimum absolute atomic E-state index is 0.0175. The highest BCUT2D eigenvalue weighted by Crippen LogP contribution is 2.23. The summed E-state index contributed by atoms with van der Waals surface area (Å²) in [7, 11) is -2.89. The van der Waals surface area contributed by atoms with Crippen molar-refractivity contribution in [1.82, 2.24) is 0 Å². The minimum Gasteiger partial charge on any atom is -0.367 e. The topological polar surface area (TPSA) is 61.2 Å². The molecule has 0 radical (unpaired) electrons. The third-order valence-electron chi connectivity index (χ3n) is 3.33. The molecule has 18 heavy (non-hydrogen) atoms. The number of aryl methyl sites for hydroxylation is 1. The maximum Gasteiger partial charge on any atom is 0.154 e. The van der Waals surface area contributed by atoms with E-state index in [2.05, 4.69) is 11.0 Å². The van der Waals surface area contributed by atoms with Crippen molar-refractivity contribution in [1.29, 1.82) is 5.26 Å². The first kappa shape index (κ1) is 12.9. The Hall–Kier alpha value is -1.54. The van der Waals surface area contributed by atoms with Crippen LogP contribution in [-0.4, -0.2) is 32.5 Å². The summed E-state index contributed by atoms with van der Waals surface area (Å²) in [5.74, 6) is 0.405. The zero-order valence-electron chi connectivity index (χ0n) is 10.5. The molecule has 0 amide bonds. The summed E-state index contributed by atoms with van der Waals surface area (Å²) < 4.78 is 23.1. The first-order chi connectivity index (χ1) is 8.43. The maximum atomic E-state index is 11.5. The lowest BCUT2D eigenvalue weighted by Gasteiger charge is -2.35. The molecule has 0 aromatic heterocycles. The Morgan fingerprint density at radius 2 is 2.17 bits per heavy atom. The van der Waals surface area contributed by atoms with Crippen LogP contribution in [0.5, 0.6) is 0 Å². The van der Waals surface area contributed by atoms with Crippen molar-refractivity contribution in [2.75, 3.05) is 23.0 Å². The molecule has 0 saturated carbocycles. The summed E-state index contributed by atoms with van der Waals surface area (Å²) >= 11 is 0. The summed E-state index contributed by atoms with van der Waals surface area (Å²) in [6, 6.07) is 7.75. The standard InChI is InChI=1S/C13H16N2O2S/c1-10-7-13(4-3-12(10)8-14)15-5-6-18(16,17)9-11(15)2/h3-4,7,11H,5-6,9H2,1-2H3. The molecule has 1 aromatic carbocycles. The molecule has 1 saturated heterocycles. The molecular formula is C13H16N2O2S. The summed E-state index contributed by atoms with van der Waals surface area (Å²) in [5.41, 5.74) is 2.58. The molecule has 1 aliphatic rings. The van der Waals surface area contributed by atoms with Crippen LogP contribution in [0.15, 0.2) is 18.2 Å². The first-order valence-electron chi connectivity index (χ1n) is 5.91. The SMILES string of the molecule is Cc1cc(N2CCS(=O)(=O)CC2C)ccc1C#N. The molecule has 0 N–H and O–H groups in total. The number of hydrogen-bond donors (Lipinski definition) is 0. The lowest BCUT2D eigenvalue weighted by Crippen LogP contribution is -2.47.